The standard InChI is InChI=1S/C30H27N3O4/c34-21-33(20-26-14-7-12-24-11-4-5-15-27(24)26)29(30(36)31-19-23-8-2-1-3-9-23)25-13-6-10-22(18-25)16-17-28(35)32-37/h1-18,21,29,37H,19-20H2,(H,31,36)(H,32,35). The van der Waals surface area contributed by atoms with Crippen molar-refractivity contribution in [3.8, 4) is 0 Å². The van der Waals surface area contributed by atoms with E-state index in [2.05, 4.69) is 5.32 Å². The molecular formula is C30H27N3O4. The summed E-state index contributed by atoms with van der Waals surface area (Å²) < 4.78 is 0. The summed E-state index contributed by atoms with van der Waals surface area (Å²) in [6.07, 6.45) is 3.39. The fourth-order valence-electron chi connectivity index (χ4n) is 4.23. The van der Waals surface area contributed by atoms with Crippen molar-refractivity contribution in [1.82, 2.24) is 15.7 Å². The molecule has 1 atom stereocenters. The molecule has 0 aliphatic heterocycles. The van der Waals surface area contributed by atoms with Crippen LogP contribution in [0.15, 0.2) is 103 Å². The summed E-state index contributed by atoms with van der Waals surface area (Å²) in [5, 5.41) is 13.8. The molecule has 7 nitrogen and oxygen atoms in total. The topological polar surface area (TPSA) is 98.7 Å². The van der Waals surface area contributed by atoms with Gasteiger partial charge in [0.25, 0.3) is 5.91 Å². The van der Waals surface area contributed by atoms with Crippen molar-refractivity contribution in [3.05, 3.63) is 125 Å². The van der Waals surface area contributed by atoms with E-state index in [-0.39, 0.29) is 12.5 Å². The lowest BCUT2D eigenvalue weighted by atomic mass is 9.99. The monoisotopic (exact) mass is 493 g/mol. The van der Waals surface area contributed by atoms with E-state index in [1.54, 1.807) is 29.7 Å². The van der Waals surface area contributed by atoms with Crippen molar-refractivity contribution in [3.63, 3.8) is 0 Å². The molecule has 0 fully saturated rings. The van der Waals surface area contributed by atoms with Crippen molar-refractivity contribution in [2.75, 3.05) is 0 Å². The quantitative estimate of drug-likeness (QED) is 0.132. The number of fused-ring (bicyclic) bond motifs is 1. The molecule has 0 saturated carbocycles. The molecule has 37 heavy (non-hydrogen) atoms. The highest BCUT2D eigenvalue weighted by Gasteiger charge is 2.27. The number of nitrogens with zero attached hydrogens (tertiary/aromatic N) is 1. The van der Waals surface area contributed by atoms with Gasteiger partial charge in [0.1, 0.15) is 6.04 Å². The Morgan fingerprint density at radius 2 is 1.62 bits per heavy atom. The van der Waals surface area contributed by atoms with Crippen LogP contribution in [-0.4, -0.2) is 28.3 Å². The maximum atomic E-state index is 13.6. The predicted octanol–water partition coefficient (Wildman–Crippen LogP) is 4.37. The number of amides is 3. The molecule has 0 aromatic heterocycles. The first-order valence-electron chi connectivity index (χ1n) is 11.8. The van der Waals surface area contributed by atoms with E-state index in [1.165, 1.54) is 17.1 Å². The Morgan fingerprint density at radius 3 is 2.41 bits per heavy atom. The molecule has 0 bridgehead atoms. The number of hydrogen-bond acceptors (Lipinski definition) is 4. The van der Waals surface area contributed by atoms with Gasteiger partial charge in [-0.1, -0.05) is 91.0 Å². The molecule has 0 aliphatic carbocycles. The largest absolute Gasteiger partial charge is 0.350 e. The normalized spacial score (nSPS) is 11.7. The molecule has 0 spiro atoms. The second kappa shape index (κ2) is 12.3. The molecule has 186 valence electrons. The summed E-state index contributed by atoms with van der Waals surface area (Å²) in [5.41, 5.74) is 4.63. The van der Waals surface area contributed by atoms with E-state index in [0.29, 0.717) is 24.1 Å². The highest BCUT2D eigenvalue weighted by molar-refractivity contribution is 5.91. The van der Waals surface area contributed by atoms with Gasteiger partial charge in [-0.25, -0.2) is 5.48 Å². The van der Waals surface area contributed by atoms with E-state index in [9.17, 15) is 14.4 Å². The number of benzene rings is 4. The van der Waals surface area contributed by atoms with E-state index in [4.69, 9.17) is 5.21 Å². The second-order valence-electron chi connectivity index (χ2n) is 8.50. The summed E-state index contributed by atoms with van der Waals surface area (Å²) in [6.45, 7) is 0.536. The number of hydrogen-bond donors (Lipinski definition) is 3. The first kappa shape index (κ1) is 25.3. The Balaban J connectivity index is 1.68. The average Bonchev–Trinajstić information content (AvgIpc) is 2.95. The summed E-state index contributed by atoms with van der Waals surface area (Å²) in [4.78, 5) is 38.9. The molecule has 0 heterocycles. The Labute approximate surface area is 215 Å². The van der Waals surface area contributed by atoms with Crippen LogP contribution in [0.3, 0.4) is 0 Å². The third-order valence-corrected chi connectivity index (χ3v) is 6.02. The minimum atomic E-state index is -0.916. The van der Waals surface area contributed by atoms with Gasteiger partial charge in [-0.15, -0.1) is 0 Å². The molecule has 4 aromatic carbocycles. The zero-order valence-electron chi connectivity index (χ0n) is 20.1. The van der Waals surface area contributed by atoms with Crippen molar-refractivity contribution >= 4 is 35.1 Å². The minimum absolute atomic E-state index is 0.223. The number of hydroxylamine groups is 1. The van der Waals surface area contributed by atoms with Crippen LogP contribution >= 0.6 is 0 Å². The first-order chi connectivity index (χ1) is 18.1. The maximum absolute atomic E-state index is 13.6. The van der Waals surface area contributed by atoms with Gasteiger partial charge >= 0.3 is 0 Å². The van der Waals surface area contributed by atoms with Crippen LogP contribution in [-0.2, 0) is 27.5 Å². The van der Waals surface area contributed by atoms with Crippen LogP contribution in [0, 0.1) is 0 Å². The fraction of sp³-hybridized carbons (Fsp3) is 0.100. The molecule has 0 aliphatic rings. The third kappa shape index (κ3) is 6.48. The van der Waals surface area contributed by atoms with E-state index < -0.39 is 11.9 Å². The van der Waals surface area contributed by atoms with Crippen LogP contribution in [0.1, 0.15) is 28.3 Å². The van der Waals surface area contributed by atoms with Gasteiger partial charge in [-0.05, 0) is 45.2 Å². The van der Waals surface area contributed by atoms with Crippen molar-refractivity contribution in [1.29, 1.82) is 0 Å². The van der Waals surface area contributed by atoms with Crippen LogP contribution < -0.4 is 10.8 Å². The maximum Gasteiger partial charge on any atom is 0.267 e. The molecule has 3 amide bonds. The minimum Gasteiger partial charge on any atom is -0.350 e. The molecule has 7 heteroatoms. The molecule has 0 radical (unpaired) electrons. The number of carbonyl (C=O) groups excluding carboxylic acids is 3. The van der Waals surface area contributed by atoms with Crippen LogP contribution in [0.5, 0.6) is 0 Å². The zero-order chi connectivity index (χ0) is 26.0. The Morgan fingerprint density at radius 1 is 0.892 bits per heavy atom. The Bertz CT molecular complexity index is 1410. The van der Waals surface area contributed by atoms with E-state index >= 15 is 0 Å². The predicted molar refractivity (Wildman–Crippen MR) is 142 cm³/mol. The molecule has 1 unspecified atom stereocenters. The van der Waals surface area contributed by atoms with Gasteiger partial charge in [-0.3, -0.25) is 19.6 Å². The van der Waals surface area contributed by atoms with Crippen molar-refractivity contribution in [2.45, 2.75) is 19.1 Å². The fourth-order valence-corrected chi connectivity index (χ4v) is 4.23. The highest BCUT2D eigenvalue weighted by atomic mass is 16.5. The summed E-state index contributed by atoms with van der Waals surface area (Å²) >= 11 is 0. The lowest BCUT2D eigenvalue weighted by Crippen LogP contribution is -2.39. The lowest BCUT2D eigenvalue weighted by Gasteiger charge is -2.28. The van der Waals surface area contributed by atoms with E-state index in [0.717, 1.165) is 21.9 Å². The zero-order valence-corrected chi connectivity index (χ0v) is 20.1. The van der Waals surface area contributed by atoms with Crippen LogP contribution in [0.4, 0.5) is 0 Å². The van der Waals surface area contributed by atoms with E-state index in [1.807, 2.05) is 72.8 Å². The van der Waals surface area contributed by atoms with Crippen LogP contribution in [0.2, 0.25) is 0 Å². The van der Waals surface area contributed by atoms with Gasteiger partial charge in [0, 0.05) is 19.2 Å². The van der Waals surface area contributed by atoms with Gasteiger partial charge in [0.15, 0.2) is 0 Å². The van der Waals surface area contributed by atoms with Crippen LogP contribution in [0.25, 0.3) is 16.8 Å². The Kier molecular flexibility index (Phi) is 8.41. The summed E-state index contributed by atoms with van der Waals surface area (Å²) in [7, 11) is 0. The summed E-state index contributed by atoms with van der Waals surface area (Å²) in [6, 6.07) is 29.4. The smallest absolute Gasteiger partial charge is 0.267 e. The molecule has 4 aromatic rings. The van der Waals surface area contributed by atoms with Crippen molar-refractivity contribution < 1.29 is 19.6 Å². The highest BCUT2D eigenvalue weighted by Crippen LogP contribution is 2.26. The number of carbonyl (C=O) groups is 3. The van der Waals surface area contributed by atoms with Gasteiger partial charge in [0.05, 0.1) is 0 Å². The summed E-state index contributed by atoms with van der Waals surface area (Å²) in [5.74, 6) is -1.00. The molecule has 4 rings (SSSR count). The van der Waals surface area contributed by atoms with Crippen molar-refractivity contribution in [2.24, 2.45) is 0 Å². The lowest BCUT2D eigenvalue weighted by molar-refractivity contribution is -0.133. The average molecular weight is 494 g/mol. The van der Waals surface area contributed by atoms with Gasteiger partial charge in [0.2, 0.25) is 12.3 Å². The number of rotatable bonds is 10. The Hall–Kier alpha value is -4.75. The molecule has 0 saturated heterocycles. The first-order valence-corrected chi connectivity index (χ1v) is 11.8. The van der Waals surface area contributed by atoms with Gasteiger partial charge < -0.3 is 10.2 Å². The number of nitrogens with one attached hydrogen (secondary N) is 2. The van der Waals surface area contributed by atoms with Gasteiger partial charge in [-0.2, -0.15) is 0 Å². The molecule has 3 N–H and O–H groups in total. The second-order valence-corrected chi connectivity index (χ2v) is 8.50. The SMILES string of the molecule is O=CN(Cc1cccc2ccccc12)C(C(=O)NCc1ccccc1)c1cccc(C=CC(=O)NO)c1. The molecular weight excluding hydrogens is 466 g/mol. The third-order valence-electron chi connectivity index (χ3n) is 6.02.